The van der Waals surface area contributed by atoms with Crippen molar-refractivity contribution >= 4 is 15.9 Å². The van der Waals surface area contributed by atoms with E-state index in [9.17, 15) is 0 Å². The maximum absolute atomic E-state index is 8.58. The highest BCUT2D eigenvalue weighted by atomic mass is 79.9. The summed E-state index contributed by atoms with van der Waals surface area (Å²) in [7, 11) is 0. The maximum atomic E-state index is 8.58. The molecule has 15 heavy (non-hydrogen) atoms. The molecular formula is C12H23BrN2. The van der Waals surface area contributed by atoms with Gasteiger partial charge in [-0.15, -0.1) is 0 Å². The number of alkyl halides is 1. The number of unbranched alkanes of at least 4 members (excludes halogenated alkanes) is 2. The van der Waals surface area contributed by atoms with Gasteiger partial charge in [-0.2, -0.15) is 5.26 Å². The first kappa shape index (κ1) is 14.9. The van der Waals surface area contributed by atoms with E-state index in [1.807, 2.05) is 0 Å². The van der Waals surface area contributed by atoms with E-state index in [1.54, 1.807) is 0 Å². The van der Waals surface area contributed by atoms with Gasteiger partial charge in [0.05, 0.1) is 6.07 Å². The predicted molar refractivity (Wildman–Crippen MR) is 69.2 cm³/mol. The smallest absolute Gasteiger partial charge is 0.0635 e. The summed E-state index contributed by atoms with van der Waals surface area (Å²) < 4.78 is 0. The zero-order chi connectivity index (χ0) is 11.5. The molecule has 88 valence electrons. The third-order valence-electron chi connectivity index (χ3n) is 2.27. The van der Waals surface area contributed by atoms with Crippen LogP contribution in [0.5, 0.6) is 0 Å². The molecule has 0 saturated heterocycles. The summed E-state index contributed by atoms with van der Waals surface area (Å²) in [6.45, 7) is 7.67. The molecule has 2 nitrogen and oxygen atoms in total. The summed E-state index contributed by atoms with van der Waals surface area (Å²) in [4.78, 5) is 2.42. The average Bonchev–Trinajstić information content (AvgIpc) is 2.19. The van der Waals surface area contributed by atoms with Crippen molar-refractivity contribution in [1.29, 1.82) is 5.26 Å². The third-order valence-corrected chi connectivity index (χ3v) is 2.83. The van der Waals surface area contributed by atoms with Gasteiger partial charge in [-0.3, -0.25) is 0 Å². The highest BCUT2D eigenvalue weighted by Crippen LogP contribution is 2.04. The first-order valence-corrected chi connectivity index (χ1v) is 6.98. The second-order valence-corrected chi connectivity index (χ2v) is 5.15. The summed E-state index contributed by atoms with van der Waals surface area (Å²) in [6, 6.07) is 2.22. The fourth-order valence-corrected chi connectivity index (χ4v) is 2.02. The number of nitrogens with zero attached hydrogens (tertiary/aromatic N) is 2. The minimum absolute atomic E-state index is 0.658. The zero-order valence-corrected chi connectivity index (χ0v) is 11.6. The zero-order valence-electron chi connectivity index (χ0n) is 10.0. The van der Waals surface area contributed by atoms with Crippen molar-refractivity contribution in [1.82, 2.24) is 4.90 Å². The van der Waals surface area contributed by atoms with Crippen molar-refractivity contribution in [2.75, 3.05) is 25.0 Å². The van der Waals surface area contributed by atoms with Crippen molar-refractivity contribution in [3.63, 3.8) is 0 Å². The maximum Gasteiger partial charge on any atom is 0.0635 e. The van der Waals surface area contributed by atoms with E-state index in [0.717, 1.165) is 25.0 Å². The van der Waals surface area contributed by atoms with Gasteiger partial charge in [-0.1, -0.05) is 36.2 Å². The molecule has 0 saturated carbocycles. The Morgan fingerprint density at radius 2 is 1.93 bits per heavy atom. The molecule has 0 N–H and O–H groups in total. The summed E-state index contributed by atoms with van der Waals surface area (Å²) in [5.74, 6) is 0.694. The predicted octanol–water partition coefficient (Wildman–Crippen LogP) is 3.42. The molecule has 0 aliphatic rings. The van der Waals surface area contributed by atoms with E-state index in [2.05, 4.69) is 40.7 Å². The molecule has 0 rings (SSSR count). The summed E-state index contributed by atoms with van der Waals surface area (Å²) in [5.41, 5.74) is 0. The quantitative estimate of drug-likeness (QED) is 0.476. The van der Waals surface area contributed by atoms with Crippen LogP contribution in [0, 0.1) is 17.2 Å². The van der Waals surface area contributed by atoms with Gasteiger partial charge in [-0.25, -0.2) is 0 Å². The van der Waals surface area contributed by atoms with E-state index in [1.165, 1.54) is 19.3 Å². The Balaban J connectivity index is 3.65. The fourth-order valence-electron chi connectivity index (χ4n) is 1.63. The Morgan fingerprint density at radius 1 is 1.20 bits per heavy atom. The summed E-state index contributed by atoms with van der Waals surface area (Å²) in [5, 5.41) is 9.68. The topological polar surface area (TPSA) is 27.0 Å². The molecule has 0 spiro atoms. The molecule has 0 amide bonds. The normalized spacial score (nSPS) is 10.9. The Morgan fingerprint density at radius 3 is 2.47 bits per heavy atom. The van der Waals surface area contributed by atoms with Gasteiger partial charge < -0.3 is 4.90 Å². The Kier molecular flexibility index (Phi) is 10.4. The van der Waals surface area contributed by atoms with E-state index in [-0.39, 0.29) is 0 Å². The minimum Gasteiger partial charge on any atom is -0.302 e. The molecule has 0 aromatic heterocycles. The lowest BCUT2D eigenvalue weighted by Gasteiger charge is -2.22. The van der Waals surface area contributed by atoms with E-state index < -0.39 is 0 Å². The number of halogens is 1. The van der Waals surface area contributed by atoms with Crippen molar-refractivity contribution in [2.45, 2.75) is 39.5 Å². The number of hydrogen-bond acceptors (Lipinski definition) is 2. The van der Waals surface area contributed by atoms with Crippen molar-refractivity contribution in [3.05, 3.63) is 0 Å². The molecule has 0 aromatic carbocycles. The van der Waals surface area contributed by atoms with Gasteiger partial charge in [0.2, 0.25) is 0 Å². The molecule has 0 aliphatic heterocycles. The van der Waals surface area contributed by atoms with Crippen LogP contribution in [0.2, 0.25) is 0 Å². The van der Waals surface area contributed by atoms with Crippen LogP contribution >= 0.6 is 15.9 Å². The van der Waals surface area contributed by atoms with Crippen molar-refractivity contribution in [2.24, 2.45) is 5.92 Å². The van der Waals surface area contributed by atoms with Gasteiger partial charge in [0, 0.05) is 24.8 Å². The highest BCUT2D eigenvalue weighted by molar-refractivity contribution is 9.09. The van der Waals surface area contributed by atoms with Crippen LogP contribution in [-0.2, 0) is 0 Å². The van der Waals surface area contributed by atoms with Crippen LogP contribution in [0.15, 0.2) is 0 Å². The van der Waals surface area contributed by atoms with Crippen LogP contribution in [0.25, 0.3) is 0 Å². The second kappa shape index (κ2) is 10.4. The lowest BCUT2D eigenvalue weighted by Crippen LogP contribution is -2.29. The van der Waals surface area contributed by atoms with Crippen LogP contribution < -0.4 is 0 Å². The molecular weight excluding hydrogens is 252 g/mol. The highest BCUT2D eigenvalue weighted by Gasteiger charge is 2.06. The largest absolute Gasteiger partial charge is 0.302 e. The Labute approximate surface area is 103 Å². The monoisotopic (exact) mass is 274 g/mol. The van der Waals surface area contributed by atoms with Crippen LogP contribution in [0.3, 0.4) is 0 Å². The average molecular weight is 275 g/mol. The minimum atomic E-state index is 0.658. The van der Waals surface area contributed by atoms with Crippen LogP contribution in [-0.4, -0.2) is 29.9 Å². The SMILES string of the molecule is CC(C)CN(CCC#N)CCCCCBr. The molecule has 0 unspecified atom stereocenters. The number of rotatable bonds is 9. The van der Waals surface area contributed by atoms with Crippen LogP contribution in [0.1, 0.15) is 39.5 Å². The van der Waals surface area contributed by atoms with Gasteiger partial charge in [0.15, 0.2) is 0 Å². The number of hydrogen-bond donors (Lipinski definition) is 0. The standard InChI is InChI=1S/C12H23BrN2/c1-12(2)11-15(10-6-8-14)9-5-3-4-7-13/h12H,3-7,9-11H2,1-2H3. The first-order valence-electron chi connectivity index (χ1n) is 5.86. The van der Waals surface area contributed by atoms with Gasteiger partial charge in [0.25, 0.3) is 0 Å². The third kappa shape index (κ3) is 10.2. The van der Waals surface area contributed by atoms with E-state index in [0.29, 0.717) is 12.3 Å². The molecule has 3 heteroatoms. The molecule has 0 fully saturated rings. The lowest BCUT2D eigenvalue weighted by molar-refractivity contribution is 0.244. The molecule has 0 aromatic rings. The van der Waals surface area contributed by atoms with Gasteiger partial charge >= 0.3 is 0 Å². The number of nitriles is 1. The van der Waals surface area contributed by atoms with Crippen molar-refractivity contribution in [3.8, 4) is 6.07 Å². The van der Waals surface area contributed by atoms with Crippen molar-refractivity contribution < 1.29 is 0 Å². The fraction of sp³-hybridized carbons (Fsp3) is 0.917. The Hall–Kier alpha value is -0.0700. The van der Waals surface area contributed by atoms with Gasteiger partial charge in [-0.05, 0) is 25.3 Å². The summed E-state index contributed by atoms with van der Waals surface area (Å²) >= 11 is 3.44. The summed E-state index contributed by atoms with van der Waals surface area (Å²) in [6.07, 6.45) is 4.45. The van der Waals surface area contributed by atoms with Gasteiger partial charge in [0.1, 0.15) is 0 Å². The Bertz CT molecular complexity index is 175. The first-order chi connectivity index (χ1) is 7.20. The lowest BCUT2D eigenvalue weighted by atomic mass is 10.2. The molecule has 0 aliphatic carbocycles. The van der Waals surface area contributed by atoms with Crippen LogP contribution in [0.4, 0.5) is 0 Å². The molecule has 0 heterocycles. The second-order valence-electron chi connectivity index (χ2n) is 4.35. The molecule has 0 radical (unpaired) electrons. The molecule has 0 bridgehead atoms. The van der Waals surface area contributed by atoms with E-state index in [4.69, 9.17) is 5.26 Å². The molecule has 0 atom stereocenters. The van der Waals surface area contributed by atoms with E-state index >= 15 is 0 Å².